The number of carboxylic acids is 1. The molecular formula is C21H16N2O7. The van der Waals surface area contributed by atoms with Gasteiger partial charge in [0.15, 0.2) is 11.6 Å². The van der Waals surface area contributed by atoms with E-state index < -0.39 is 46.2 Å². The molecule has 0 saturated heterocycles. The third-order valence-electron chi connectivity index (χ3n) is 4.36. The number of aliphatic hydroxyl groups excluding tert-OH is 1. The lowest BCUT2D eigenvalue weighted by molar-refractivity contribution is -0.138. The highest BCUT2D eigenvalue weighted by Crippen LogP contribution is 2.36. The van der Waals surface area contributed by atoms with E-state index in [1.807, 2.05) is 0 Å². The Morgan fingerprint density at radius 1 is 0.967 bits per heavy atom. The largest absolute Gasteiger partial charge is 0.510 e. The Kier molecular flexibility index (Phi) is 5.54. The molecule has 2 aromatic carbocycles. The van der Waals surface area contributed by atoms with Crippen LogP contribution in [0.15, 0.2) is 58.1 Å². The highest BCUT2D eigenvalue weighted by atomic mass is 16.5. The van der Waals surface area contributed by atoms with Crippen LogP contribution in [0.25, 0.3) is 0 Å². The van der Waals surface area contributed by atoms with Gasteiger partial charge in [0.2, 0.25) is 5.70 Å². The number of hydrogen-bond donors (Lipinski definition) is 2. The first-order chi connectivity index (χ1) is 14.3. The number of carbonyl (C=O) groups is 4. The van der Waals surface area contributed by atoms with Crippen molar-refractivity contribution in [3.05, 3.63) is 75.7 Å². The molecule has 0 spiro atoms. The number of ketones is 2. The molecule has 9 nitrogen and oxygen atoms in total. The molecular weight excluding hydrogens is 392 g/mol. The first-order valence-electron chi connectivity index (χ1n) is 8.85. The number of benzene rings is 2. The van der Waals surface area contributed by atoms with E-state index in [1.165, 1.54) is 25.1 Å². The van der Waals surface area contributed by atoms with Crippen LogP contribution in [0.5, 0.6) is 0 Å². The quantitative estimate of drug-likeness (QED) is 0.284. The molecule has 30 heavy (non-hydrogen) atoms. The minimum atomic E-state index is -1.41. The summed E-state index contributed by atoms with van der Waals surface area (Å²) in [5, 5.41) is 26.7. The number of hydrogen-bond acceptors (Lipinski definition) is 8. The lowest BCUT2D eigenvalue weighted by Crippen LogP contribution is -2.22. The molecule has 0 saturated carbocycles. The molecule has 0 atom stereocenters. The summed E-state index contributed by atoms with van der Waals surface area (Å²) in [6.45, 7) is 2.74. The predicted molar refractivity (Wildman–Crippen MR) is 103 cm³/mol. The second-order valence-corrected chi connectivity index (χ2v) is 6.25. The fourth-order valence-electron chi connectivity index (χ4n) is 3.01. The molecule has 3 rings (SSSR count). The lowest BCUT2D eigenvalue weighted by atomic mass is 9.82. The van der Waals surface area contributed by atoms with E-state index in [2.05, 4.69) is 10.2 Å². The Labute approximate surface area is 170 Å². The number of allylic oxidation sites excluding steroid dienone is 1. The molecule has 2 aromatic rings. The molecule has 0 aliphatic heterocycles. The van der Waals surface area contributed by atoms with Gasteiger partial charge < -0.3 is 14.9 Å². The van der Waals surface area contributed by atoms with E-state index in [0.717, 1.165) is 6.07 Å². The first-order valence-corrected chi connectivity index (χ1v) is 8.85. The van der Waals surface area contributed by atoms with Crippen molar-refractivity contribution in [2.45, 2.75) is 13.8 Å². The van der Waals surface area contributed by atoms with E-state index >= 15 is 0 Å². The Morgan fingerprint density at radius 2 is 1.60 bits per heavy atom. The van der Waals surface area contributed by atoms with Crippen molar-refractivity contribution in [2.75, 3.05) is 6.61 Å². The number of esters is 1. The normalized spacial score (nSPS) is 13.5. The maximum Gasteiger partial charge on any atom is 0.362 e. The number of rotatable bonds is 5. The van der Waals surface area contributed by atoms with Gasteiger partial charge in [0, 0.05) is 16.7 Å². The van der Waals surface area contributed by atoms with Crippen molar-refractivity contribution in [2.24, 2.45) is 10.2 Å². The van der Waals surface area contributed by atoms with Crippen molar-refractivity contribution in [3.8, 4) is 0 Å². The maximum absolute atomic E-state index is 13.1. The van der Waals surface area contributed by atoms with Gasteiger partial charge in [-0.3, -0.25) is 9.59 Å². The zero-order valence-corrected chi connectivity index (χ0v) is 16.0. The van der Waals surface area contributed by atoms with Crippen LogP contribution in [-0.2, 0) is 9.53 Å². The second-order valence-electron chi connectivity index (χ2n) is 6.25. The van der Waals surface area contributed by atoms with Crippen molar-refractivity contribution < 1.29 is 34.1 Å². The summed E-state index contributed by atoms with van der Waals surface area (Å²) in [5.74, 6) is -3.96. The van der Waals surface area contributed by atoms with Gasteiger partial charge in [-0.25, -0.2) is 9.59 Å². The van der Waals surface area contributed by atoms with Gasteiger partial charge in [-0.05, 0) is 26.0 Å². The zero-order valence-electron chi connectivity index (χ0n) is 16.0. The number of azo groups is 1. The SMILES string of the molecule is CCOC(=O)/C(N=Nc1c(C(=O)O)ccc2c1C(=O)c1ccccc1C2=O)=C(\C)O. The number of carboxylic acid groups (broad SMARTS) is 1. The summed E-state index contributed by atoms with van der Waals surface area (Å²) < 4.78 is 4.78. The minimum Gasteiger partial charge on any atom is -0.510 e. The maximum atomic E-state index is 13.1. The number of fused-ring (bicyclic) bond motifs is 2. The molecule has 2 N–H and O–H groups in total. The average molecular weight is 408 g/mol. The Balaban J connectivity index is 2.23. The average Bonchev–Trinajstić information content (AvgIpc) is 2.71. The van der Waals surface area contributed by atoms with Gasteiger partial charge in [0.25, 0.3) is 0 Å². The summed E-state index contributed by atoms with van der Waals surface area (Å²) in [4.78, 5) is 49.6. The Hall–Kier alpha value is -4.14. The highest BCUT2D eigenvalue weighted by molar-refractivity contribution is 6.30. The predicted octanol–water partition coefficient (Wildman–Crippen LogP) is 3.60. The zero-order chi connectivity index (χ0) is 22.0. The molecule has 1 aliphatic rings. The standard InChI is InChI=1S/C21H16N2O7/c1-3-30-21(29)16(10(2)24)22-23-17-14(20(27)28)9-8-13-15(17)19(26)12-7-5-4-6-11(12)18(13)25/h4-9,24H,3H2,1-2H3,(H,27,28)/b16-10-,23-22?. The second kappa shape index (κ2) is 8.08. The molecule has 0 bridgehead atoms. The van der Waals surface area contributed by atoms with Gasteiger partial charge in [0.1, 0.15) is 11.4 Å². The van der Waals surface area contributed by atoms with E-state index in [1.54, 1.807) is 19.1 Å². The molecule has 0 unspecified atom stereocenters. The third-order valence-corrected chi connectivity index (χ3v) is 4.36. The van der Waals surface area contributed by atoms with Gasteiger partial charge in [-0.2, -0.15) is 0 Å². The molecule has 152 valence electrons. The number of aliphatic hydroxyl groups is 1. The van der Waals surface area contributed by atoms with Crippen LogP contribution in [0, 0.1) is 0 Å². The highest BCUT2D eigenvalue weighted by Gasteiger charge is 2.34. The summed E-state index contributed by atoms with van der Waals surface area (Å²) in [7, 11) is 0. The monoisotopic (exact) mass is 408 g/mol. The third kappa shape index (κ3) is 3.48. The minimum absolute atomic E-state index is 0.00994. The van der Waals surface area contributed by atoms with E-state index in [4.69, 9.17) is 4.74 Å². The van der Waals surface area contributed by atoms with Crippen LogP contribution in [0.1, 0.15) is 56.0 Å². The van der Waals surface area contributed by atoms with E-state index in [9.17, 15) is 29.4 Å². The van der Waals surface area contributed by atoms with Crippen LogP contribution >= 0.6 is 0 Å². The molecule has 0 amide bonds. The number of ether oxygens (including phenoxy) is 1. The summed E-state index contributed by atoms with van der Waals surface area (Å²) >= 11 is 0. The van der Waals surface area contributed by atoms with Gasteiger partial charge >= 0.3 is 11.9 Å². The number of aromatic carboxylic acids is 1. The molecule has 1 aliphatic carbocycles. The molecule has 0 heterocycles. The van der Waals surface area contributed by atoms with Gasteiger partial charge in [-0.1, -0.05) is 24.3 Å². The Bertz CT molecular complexity index is 1160. The van der Waals surface area contributed by atoms with Crippen LogP contribution in [0.3, 0.4) is 0 Å². The molecule has 0 aromatic heterocycles. The number of nitrogens with zero attached hydrogens (tertiary/aromatic N) is 2. The lowest BCUT2D eigenvalue weighted by Gasteiger charge is -2.19. The summed E-state index contributed by atoms with van der Waals surface area (Å²) in [6, 6.07) is 8.52. The molecule has 0 fully saturated rings. The van der Waals surface area contributed by atoms with Crippen molar-refractivity contribution in [1.29, 1.82) is 0 Å². The number of carbonyl (C=O) groups excluding carboxylic acids is 3. The van der Waals surface area contributed by atoms with Gasteiger partial charge in [0.05, 0.1) is 17.7 Å². The van der Waals surface area contributed by atoms with Crippen LogP contribution in [0.4, 0.5) is 5.69 Å². The topological polar surface area (TPSA) is 143 Å². The summed E-state index contributed by atoms with van der Waals surface area (Å²) in [6.07, 6.45) is 0. The molecule has 0 radical (unpaired) electrons. The van der Waals surface area contributed by atoms with Gasteiger partial charge in [-0.15, -0.1) is 10.2 Å². The smallest absolute Gasteiger partial charge is 0.362 e. The van der Waals surface area contributed by atoms with E-state index in [0.29, 0.717) is 0 Å². The first kappa shape index (κ1) is 20.6. The Morgan fingerprint density at radius 3 is 2.17 bits per heavy atom. The fraction of sp³-hybridized carbons (Fsp3) is 0.143. The fourth-order valence-corrected chi connectivity index (χ4v) is 3.01. The van der Waals surface area contributed by atoms with Crippen LogP contribution in [0.2, 0.25) is 0 Å². The molecule has 9 heteroatoms. The van der Waals surface area contributed by atoms with Crippen LogP contribution < -0.4 is 0 Å². The summed E-state index contributed by atoms with van der Waals surface area (Å²) in [5.41, 5.74) is -1.30. The van der Waals surface area contributed by atoms with Crippen molar-refractivity contribution in [3.63, 3.8) is 0 Å². The van der Waals surface area contributed by atoms with Crippen molar-refractivity contribution >= 4 is 29.2 Å². The van der Waals surface area contributed by atoms with Crippen LogP contribution in [-0.4, -0.2) is 40.3 Å². The van der Waals surface area contributed by atoms with E-state index in [-0.39, 0.29) is 28.9 Å². The van der Waals surface area contributed by atoms with Crippen molar-refractivity contribution in [1.82, 2.24) is 0 Å².